The fourth-order valence-electron chi connectivity index (χ4n) is 3.28. The second-order valence-electron chi connectivity index (χ2n) is 7.19. The highest BCUT2D eigenvalue weighted by atomic mass is 35.5. The van der Waals surface area contributed by atoms with Gasteiger partial charge in [-0.15, -0.1) is 0 Å². The Bertz CT molecular complexity index is 951. The van der Waals surface area contributed by atoms with Crippen LogP contribution in [0, 0.1) is 0 Å². The van der Waals surface area contributed by atoms with Crippen molar-refractivity contribution in [2.24, 2.45) is 0 Å². The predicted octanol–water partition coefficient (Wildman–Crippen LogP) is 3.68. The van der Waals surface area contributed by atoms with Gasteiger partial charge < -0.3 is 10.6 Å². The lowest BCUT2D eigenvalue weighted by molar-refractivity contribution is -0.134. The third-order valence-corrected chi connectivity index (χ3v) is 5.57. The molecule has 0 saturated carbocycles. The van der Waals surface area contributed by atoms with Crippen molar-refractivity contribution in [1.82, 2.24) is 15.5 Å². The van der Waals surface area contributed by atoms with E-state index in [9.17, 15) is 14.4 Å². The predicted molar refractivity (Wildman–Crippen MR) is 112 cm³/mol. The number of rotatable bonds is 6. The van der Waals surface area contributed by atoms with Gasteiger partial charge in [-0.05, 0) is 30.5 Å². The molecule has 1 aliphatic rings. The minimum atomic E-state index is -1.36. The van der Waals surface area contributed by atoms with E-state index in [4.69, 9.17) is 23.2 Å². The van der Waals surface area contributed by atoms with Gasteiger partial charge in [0, 0.05) is 22.2 Å². The van der Waals surface area contributed by atoms with Crippen LogP contribution in [0.4, 0.5) is 4.79 Å². The molecule has 6 nitrogen and oxygen atoms in total. The lowest BCUT2D eigenvalue weighted by Crippen LogP contribution is -2.43. The quantitative estimate of drug-likeness (QED) is 0.681. The first-order valence-corrected chi connectivity index (χ1v) is 9.89. The molecule has 2 aromatic rings. The fraction of sp³-hybridized carbons (Fsp3) is 0.286. The number of carbonyl (C=O) groups is 3. The second kappa shape index (κ2) is 8.43. The summed E-state index contributed by atoms with van der Waals surface area (Å²) in [5.41, 5.74) is 0.145. The van der Waals surface area contributed by atoms with Crippen LogP contribution < -0.4 is 10.6 Å². The topological polar surface area (TPSA) is 78.5 Å². The highest BCUT2D eigenvalue weighted by Crippen LogP contribution is 2.34. The summed E-state index contributed by atoms with van der Waals surface area (Å²) in [7, 11) is 0. The number of nitrogens with zero attached hydrogens (tertiary/aromatic N) is 1. The number of nitrogens with one attached hydrogen (secondary N) is 2. The van der Waals surface area contributed by atoms with Crippen molar-refractivity contribution in [2.75, 3.05) is 13.1 Å². The summed E-state index contributed by atoms with van der Waals surface area (Å²) < 4.78 is 0. The van der Waals surface area contributed by atoms with Crippen LogP contribution in [0.1, 0.15) is 30.9 Å². The first kappa shape index (κ1) is 21.1. The summed E-state index contributed by atoms with van der Waals surface area (Å²) in [6.07, 6.45) is 0. The van der Waals surface area contributed by atoms with Gasteiger partial charge in [-0.25, -0.2) is 4.79 Å². The maximum absolute atomic E-state index is 12.9. The molecule has 2 atom stereocenters. The Labute approximate surface area is 179 Å². The molecule has 1 saturated heterocycles. The first-order chi connectivity index (χ1) is 13.7. The zero-order chi connectivity index (χ0) is 21.2. The molecule has 0 spiro atoms. The molecule has 3 rings (SSSR count). The van der Waals surface area contributed by atoms with Crippen LogP contribution in [0.5, 0.6) is 0 Å². The van der Waals surface area contributed by atoms with Gasteiger partial charge in [0.05, 0.1) is 0 Å². The van der Waals surface area contributed by atoms with Gasteiger partial charge >= 0.3 is 6.03 Å². The fourth-order valence-corrected chi connectivity index (χ4v) is 3.88. The zero-order valence-electron chi connectivity index (χ0n) is 16.0. The maximum Gasteiger partial charge on any atom is 0.325 e. The normalized spacial score (nSPS) is 19.8. The van der Waals surface area contributed by atoms with Gasteiger partial charge in [0.2, 0.25) is 5.91 Å². The Kier molecular flexibility index (Phi) is 6.15. The van der Waals surface area contributed by atoms with Gasteiger partial charge in [0.25, 0.3) is 5.91 Å². The van der Waals surface area contributed by atoms with Crippen LogP contribution >= 0.6 is 23.2 Å². The molecule has 4 amide bonds. The molecule has 1 aliphatic heterocycles. The van der Waals surface area contributed by atoms with E-state index in [1.165, 1.54) is 6.07 Å². The van der Waals surface area contributed by atoms with Crippen LogP contribution in [-0.4, -0.2) is 35.8 Å². The van der Waals surface area contributed by atoms with Crippen LogP contribution in [0.2, 0.25) is 10.0 Å². The molecule has 2 N–H and O–H groups in total. The van der Waals surface area contributed by atoms with E-state index in [-0.39, 0.29) is 17.5 Å². The van der Waals surface area contributed by atoms with Crippen molar-refractivity contribution in [2.45, 2.75) is 25.3 Å². The third-order valence-electron chi connectivity index (χ3n) is 5.02. The van der Waals surface area contributed by atoms with E-state index in [1.807, 2.05) is 37.3 Å². The molecule has 2 unspecified atom stereocenters. The number of carbonyl (C=O) groups excluding carboxylic acids is 3. The second-order valence-corrected chi connectivity index (χ2v) is 8.03. The molecule has 2 aromatic carbocycles. The van der Waals surface area contributed by atoms with E-state index < -0.39 is 23.4 Å². The summed E-state index contributed by atoms with van der Waals surface area (Å²) in [5.74, 6) is -0.859. The van der Waals surface area contributed by atoms with Gasteiger partial charge in [0.15, 0.2) is 0 Å². The first-order valence-electron chi connectivity index (χ1n) is 9.13. The number of amides is 4. The highest BCUT2D eigenvalue weighted by molar-refractivity contribution is 6.35. The van der Waals surface area contributed by atoms with Crippen LogP contribution in [0.3, 0.4) is 0 Å². The molecule has 0 radical (unpaired) electrons. The Morgan fingerprint density at radius 1 is 1.17 bits per heavy atom. The van der Waals surface area contributed by atoms with Crippen molar-refractivity contribution in [3.05, 3.63) is 69.7 Å². The Morgan fingerprint density at radius 3 is 2.52 bits per heavy atom. The molecule has 0 aliphatic carbocycles. The Hall–Kier alpha value is -2.57. The van der Waals surface area contributed by atoms with Crippen molar-refractivity contribution in [3.8, 4) is 0 Å². The average molecular weight is 434 g/mol. The largest absolute Gasteiger partial charge is 0.354 e. The monoisotopic (exact) mass is 433 g/mol. The standard InChI is InChI=1S/C21H21Cl2N3O3/c1-13(14-6-4-3-5-7-14)11-24-18(27)12-26-19(28)21(2,25-20(26)29)16-9-8-15(22)10-17(16)23/h3-10,13H,11-12H2,1-2H3,(H,24,27)(H,25,29). The Morgan fingerprint density at radius 2 is 1.86 bits per heavy atom. The molecule has 8 heteroatoms. The smallest absolute Gasteiger partial charge is 0.325 e. The van der Waals surface area contributed by atoms with E-state index in [0.29, 0.717) is 17.1 Å². The third kappa shape index (κ3) is 4.38. The lowest BCUT2D eigenvalue weighted by Gasteiger charge is -2.23. The molecule has 152 valence electrons. The van der Waals surface area contributed by atoms with Crippen molar-refractivity contribution >= 4 is 41.0 Å². The molecular formula is C21H21Cl2N3O3. The van der Waals surface area contributed by atoms with E-state index in [0.717, 1.165) is 10.5 Å². The molecule has 0 aromatic heterocycles. The summed E-state index contributed by atoms with van der Waals surface area (Å²) in [6.45, 7) is 3.57. The molecule has 1 fully saturated rings. The number of urea groups is 1. The van der Waals surface area contributed by atoms with Crippen LogP contribution in [0.25, 0.3) is 0 Å². The van der Waals surface area contributed by atoms with Crippen LogP contribution in [0.15, 0.2) is 48.5 Å². The van der Waals surface area contributed by atoms with E-state index in [1.54, 1.807) is 19.1 Å². The number of hydrogen-bond acceptors (Lipinski definition) is 3. The van der Waals surface area contributed by atoms with Gasteiger partial charge in [-0.2, -0.15) is 0 Å². The number of imide groups is 1. The minimum absolute atomic E-state index is 0.0985. The summed E-state index contributed by atoms with van der Waals surface area (Å²) >= 11 is 12.1. The van der Waals surface area contributed by atoms with Crippen molar-refractivity contribution in [1.29, 1.82) is 0 Å². The lowest BCUT2D eigenvalue weighted by atomic mass is 9.92. The maximum atomic E-state index is 12.9. The number of halogens is 2. The highest BCUT2D eigenvalue weighted by Gasteiger charge is 2.50. The molecular weight excluding hydrogens is 413 g/mol. The van der Waals surface area contributed by atoms with Crippen molar-refractivity contribution in [3.63, 3.8) is 0 Å². The van der Waals surface area contributed by atoms with E-state index in [2.05, 4.69) is 10.6 Å². The van der Waals surface area contributed by atoms with Gasteiger partial charge in [-0.1, -0.05) is 66.5 Å². The summed E-state index contributed by atoms with van der Waals surface area (Å²) in [4.78, 5) is 38.6. The van der Waals surface area contributed by atoms with Gasteiger partial charge in [0.1, 0.15) is 12.1 Å². The van der Waals surface area contributed by atoms with Gasteiger partial charge in [-0.3, -0.25) is 14.5 Å². The minimum Gasteiger partial charge on any atom is -0.354 e. The number of hydrogen-bond donors (Lipinski definition) is 2. The number of benzene rings is 2. The molecule has 29 heavy (non-hydrogen) atoms. The zero-order valence-corrected chi connectivity index (χ0v) is 17.6. The van der Waals surface area contributed by atoms with E-state index >= 15 is 0 Å². The average Bonchev–Trinajstić information content (AvgIpc) is 2.90. The summed E-state index contributed by atoms with van der Waals surface area (Å²) in [6, 6.07) is 13.8. The van der Waals surface area contributed by atoms with Crippen molar-refractivity contribution < 1.29 is 14.4 Å². The molecule has 1 heterocycles. The SMILES string of the molecule is CC(CNC(=O)CN1C(=O)NC(C)(c2ccc(Cl)cc2Cl)C1=O)c1ccccc1. The van der Waals surface area contributed by atoms with Crippen LogP contribution in [-0.2, 0) is 15.1 Å². The summed E-state index contributed by atoms with van der Waals surface area (Å²) in [5, 5.41) is 6.09. The Balaban J connectivity index is 1.66. The molecule has 0 bridgehead atoms.